The van der Waals surface area contributed by atoms with Crippen LogP contribution in [0.25, 0.3) is 0 Å². The molecule has 1 aliphatic carbocycles. The molecule has 2 atom stereocenters. The van der Waals surface area contributed by atoms with E-state index < -0.39 is 0 Å². The van der Waals surface area contributed by atoms with Gasteiger partial charge in [0.15, 0.2) is 11.5 Å². The molecular weight excluding hydrogens is 344 g/mol. The molecule has 0 radical (unpaired) electrons. The Hall–Kier alpha value is -3.02. The molecule has 2 aromatic rings. The number of hydrogen-bond acceptors (Lipinski definition) is 4. The Morgan fingerprint density at radius 1 is 0.889 bits per heavy atom. The van der Waals surface area contributed by atoms with E-state index in [0.717, 1.165) is 16.9 Å². The van der Waals surface area contributed by atoms with Gasteiger partial charge in [-0.2, -0.15) is 0 Å². The number of fused-ring (bicyclic) bond motifs is 1. The van der Waals surface area contributed by atoms with Gasteiger partial charge >= 0.3 is 0 Å². The third kappa shape index (κ3) is 4.05. The smallest absolute Gasteiger partial charge is 0.231 e. The first kappa shape index (κ1) is 17.4. The summed E-state index contributed by atoms with van der Waals surface area (Å²) in [5.74, 6) is 0.810. The van der Waals surface area contributed by atoms with Crippen molar-refractivity contribution in [1.82, 2.24) is 10.6 Å². The number of aryl methyl sites for hydroxylation is 1. The molecule has 4 rings (SSSR count). The van der Waals surface area contributed by atoms with Crippen LogP contribution in [0.4, 0.5) is 0 Å². The number of carbonyl (C=O) groups is 2. The first-order valence-electron chi connectivity index (χ1n) is 9.09. The van der Waals surface area contributed by atoms with E-state index in [4.69, 9.17) is 9.47 Å². The molecule has 1 saturated carbocycles. The largest absolute Gasteiger partial charge is 0.454 e. The minimum absolute atomic E-state index is 0.0567. The number of amides is 2. The third-order valence-corrected chi connectivity index (χ3v) is 4.96. The van der Waals surface area contributed by atoms with Crippen LogP contribution in [0.1, 0.15) is 23.1 Å². The Morgan fingerprint density at radius 2 is 1.48 bits per heavy atom. The number of carbonyl (C=O) groups excluding carboxylic acids is 2. The van der Waals surface area contributed by atoms with Crippen molar-refractivity contribution in [2.75, 3.05) is 6.79 Å². The van der Waals surface area contributed by atoms with Gasteiger partial charge in [-0.25, -0.2) is 0 Å². The van der Waals surface area contributed by atoms with Crippen molar-refractivity contribution < 1.29 is 19.1 Å². The van der Waals surface area contributed by atoms with Crippen molar-refractivity contribution in [2.24, 2.45) is 11.8 Å². The lowest BCUT2D eigenvalue weighted by molar-refractivity contribution is -0.127. The van der Waals surface area contributed by atoms with Gasteiger partial charge in [-0.15, -0.1) is 0 Å². The Morgan fingerprint density at radius 3 is 2.19 bits per heavy atom. The second kappa shape index (κ2) is 7.31. The Labute approximate surface area is 157 Å². The fraction of sp³-hybridized carbons (Fsp3) is 0.333. The SMILES string of the molecule is Cc1ccc(CNC(=O)C2CC2C(=O)NCc2ccc3c(c2)OCO3)cc1. The van der Waals surface area contributed by atoms with Gasteiger partial charge in [0, 0.05) is 13.1 Å². The van der Waals surface area contributed by atoms with E-state index in [1.165, 1.54) is 5.56 Å². The van der Waals surface area contributed by atoms with E-state index in [9.17, 15) is 9.59 Å². The van der Waals surface area contributed by atoms with Gasteiger partial charge < -0.3 is 20.1 Å². The molecule has 0 aromatic heterocycles. The molecule has 0 saturated heterocycles. The van der Waals surface area contributed by atoms with Gasteiger partial charge in [-0.3, -0.25) is 9.59 Å². The van der Waals surface area contributed by atoms with Crippen LogP contribution in [-0.2, 0) is 22.7 Å². The van der Waals surface area contributed by atoms with E-state index in [0.29, 0.717) is 25.3 Å². The molecular formula is C21H22N2O4. The molecule has 2 N–H and O–H groups in total. The molecule has 6 heteroatoms. The van der Waals surface area contributed by atoms with E-state index in [-0.39, 0.29) is 30.4 Å². The lowest BCUT2D eigenvalue weighted by atomic mass is 10.1. The number of nitrogens with one attached hydrogen (secondary N) is 2. The van der Waals surface area contributed by atoms with Crippen LogP contribution in [0.5, 0.6) is 11.5 Å². The summed E-state index contributed by atoms with van der Waals surface area (Å²) >= 11 is 0. The van der Waals surface area contributed by atoms with Crippen molar-refractivity contribution in [3.05, 3.63) is 59.2 Å². The second-order valence-electron chi connectivity index (χ2n) is 7.06. The maximum Gasteiger partial charge on any atom is 0.231 e. The standard InChI is InChI=1S/C21H22N2O4/c1-13-2-4-14(5-3-13)10-22-20(24)16-9-17(16)21(25)23-11-15-6-7-18-19(8-15)27-12-26-18/h2-8,16-17H,9-12H2,1H3,(H,22,24)(H,23,25). The van der Waals surface area contributed by atoms with Crippen LogP contribution < -0.4 is 20.1 Å². The molecule has 1 fully saturated rings. The third-order valence-electron chi connectivity index (χ3n) is 4.96. The Kier molecular flexibility index (Phi) is 4.71. The van der Waals surface area contributed by atoms with Crippen LogP contribution in [0, 0.1) is 18.8 Å². The number of hydrogen-bond donors (Lipinski definition) is 2. The van der Waals surface area contributed by atoms with Crippen molar-refractivity contribution in [3.8, 4) is 11.5 Å². The van der Waals surface area contributed by atoms with Crippen molar-refractivity contribution in [2.45, 2.75) is 26.4 Å². The molecule has 0 bridgehead atoms. The fourth-order valence-corrected chi connectivity index (χ4v) is 3.17. The highest BCUT2D eigenvalue weighted by Gasteiger charge is 2.47. The number of benzene rings is 2. The Bertz CT molecular complexity index is 863. The van der Waals surface area contributed by atoms with Crippen LogP contribution in [0.2, 0.25) is 0 Å². The number of rotatable bonds is 6. The van der Waals surface area contributed by atoms with Crippen molar-refractivity contribution in [1.29, 1.82) is 0 Å². The minimum Gasteiger partial charge on any atom is -0.454 e. The predicted molar refractivity (Wildman–Crippen MR) is 99.0 cm³/mol. The minimum atomic E-state index is -0.239. The van der Waals surface area contributed by atoms with Crippen molar-refractivity contribution in [3.63, 3.8) is 0 Å². The highest BCUT2D eigenvalue weighted by molar-refractivity contribution is 5.92. The summed E-state index contributed by atoms with van der Waals surface area (Å²) in [6, 6.07) is 13.6. The van der Waals surface area contributed by atoms with Crippen molar-refractivity contribution >= 4 is 11.8 Å². The molecule has 2 aromatic carbocycles. The van der Waals surface area contributed by atoms with Gasteiger partial charge in [0.2, 0.25) is 18.6 Å². The lowest BCUT2D eigenvalue weighted by Gasteiger charge is -2.07. The predicted octanol–water partition coefficient (Wildman–Crippen LogP) is 2.29. The van der Waals surface area contributed by atoms with Crippen LogP contribution >= 0.6 is 0 Å². The van der Waals surface area contributed by atoms with E-state index >= 15 is 0 Å². The highest BCUT2D eigenvalue weighted by Crippen LogP contribution is 2.39. The van der Waals surface area contributed by atoms with E-state index in [2.05, 4.69) is 10.6 Å². The summed E-state index contributed by atoms with van der Waals surface area (Å²) in [4.78, 5) is 24.5. The molecule has 140 valence electrons. The summed E-state index contributed by atoms with van der Waals surface area (Å²) in [5, 5.41) is 5.82. The van der Waals surface area contributed by atoms with E-state index in [1.54, 1.807) is 0 Å². The first-order chi connectivity index (χ1) is 13.1. The van der Waals surface area contributed by atoms with Gasteiger partial charge in [0.1, 0.15) is 0 Å². The van der Waals surface area contributed by atoms with E-state index in [1.807, 2.05) is 49.4 Å². The Balaban J connectivity index is 1.22. The monoisotopic (exact) mass is 366 g/mol. The summed E-state index contributed by atoms with van der Waals surface area (Å²) in [7, 11) is 0. The second-order valence-corrected chi connectivity index (χ2v) is 7.06. The zero-order valence-corrected chi connectivity index (χ0v) is 15.2. The molecule has 27 heavy (non-hydrogen) atoms. The zero-order valence-electron chi connectivity index (χ0n) is 15.2. The average molecular weight is 366 g/mol. The van der Waals surface area contributed by atoms with Gasteiger partial charge in [0.05, 0.1) is 11.8 Å². The zero-order chi connectivity index (χ0) is 18.8. The summed E-state index contributed by atoms with van der Waals surface area (Å²) < 4.78 is 10.6. The maximum atomic E-state index is 12.3. The molecule has 6 nitrogen and oxygen atoms in total. The van der Waals surface area contributed by atoms with Crippen LogP contribution in [0.15, 0.2) is 42.5 Å². The summed E-state index contributed by atoms with van der Waals surface area (Å²) in [5.41, 5.74) is 3.18. The lowest BCUT2D eigenvalue weighted by Crippen LogP contribution is -2.29. The molecule has 2 aliphatic rings. The topological polar surface area (TPSA) is 76.7 Å². The number of ether oxygens (including phenoxy) is 2. The molecule has 0 spiro atoms. The average Bonchev–Trinajstić information content (AvgIpc) is 3.35. The molecule has 2 amide bonds. The summed E-state index contributed by atoms with van der Waals surface area (Å²) in [6.45, 7) is 3.15. The summed E-state index contributed by atoms with van der Waals surface area (Å²) in [6.07, 6.45) is 0.604. The molecule has 1 heterocycles. The normalized spacial score (nSPS) is 19.4. The van der Waals surface area contributed by atoms with Gasteiger partial charge in [-0.1, -0.05) is 35.9 Å². The first-order valence-corrected chi connectivity index (χ1v) is 9.09. The quantitative estimate of drug-likeness (QED) is 0.822. The maximum absolute atomic E-state index is 12.3. The van der Waals surface area contributed by atoms with Gasteiger partial charge in [0.25, 0.3) is 0 Å². The highest BCUT2D eigenvalue weighted by atomic mass is 16.7. The van der Waals surface area contributed by atoms with Gasteiger partial charge in [-0.05, 0) is 36.6 Å². The molecule has 1 aliphatic heterocycles. The molecule has 2 unspecified atom stereocenters. The van der Waals surface area contributed by atoms with Crippen LogP contribution in [0.3, 0.4) is 0 Å². The van der Waals surface area contributed by atoms with Crippen LogP contribution in [-0.4, -0.2) is 18.6 Å². The fourth-order valence-electron chi connectivity index (χ4n) is 3.17.